The highest BCUT2D eigenvalue weighted by Gasteiger charge is 2.22. The molecule has 0 radical (unpaired) electrons. The SMILES string of the molecule is N#Cc1c(-c2ccc(Cl)cc2)cn2c1[nH]c(=O)c1c3c(sc12)CCCC3. The summed E-state index contributed by atoms with van der Waals surface area (Å²) in [5, 5.41) is 11.2. The second kappa shape index (κ2) is 5.73. The van der Waals surface area contributed by atoms with Crippen molar-refractivity contribution in [3.05, 3.63) is 61.8 Å². The zero-order valence-corrected chi connectivity index (χ0v) is 15.4. The van der Waals surface area contributed by atoms with E-state index in [1.54, 1.807) is 11.3 Å². The van der Waals surface area contributed by atoms with E-state index in [9.17, 15) is 10.1 Å². The lowest BCUT2D eigenvalue weighted by atomic mass is 9.97. The van der Waals surface area contributed by atoms with Crippen LogP contribution >= 0.6 is 22.9 Å². The summed E-state index contributed by atoms with van der Waals surface area (Å²) >= 11 is 7.68. The molecule has 1 aromatic carbocycles. The molecule has 4 aromatic rings. The van der Waals surface area contributed by atoms with E-state index in [1.807, 2.05) is 34.9 Å². The van der Waals surface area contributed by atoms with Gasteiger partial charge in [0.15, 0.2) is 0 Å². The summed E-state index contributed by atoms with van der Waals surface area (Å²) in [6, 6.07) is 9.67. The van der Waals surface area contributed by atoms with Gasteiger partial charge in [-0.15, -0.1) is 11.3 Å². The number of aryl methyl sites for hydroxylation is 2. The van der Waals surface area contributed by atoms with Gasteiger partial charge in [-0.3, -0.25) is 9.20 Å². The van der Waals surface area contributed by atoms with Crippen molar-refractivity contribution in [2.45, 2.75) is 25.7 Å². The van der Waals surface area contributed by atoms with E-state index in [-0.39, 0.29) is 5.56 Å². The maximum absolute atomic E-state index is 12.8. The topological polar surface area (TPSA) is 61.1 Å². The third kappa shape index (κ3) is 2.16. The second-order valence-corrected chi connectivity index (χ2v) is 8.12. The number of nitrogens with zero attached hydrogens (tertiary/aromatic N) is 2. The summed E-state index contributed by atoms with van der Waals surface area (Å²) in [5.41, 5.74) is 3.86. The highest BCUT2D eigenvalue weighted by Crippen LogP contribution is 2.37. The minimum Gasteiger partial charge on any atom is -0.306 e. The van der Waals surface area contributed by atoms with Crippen molar-refractivity contribution in [3.63, 3.8) is 0 Å². The molecular weight excluding hydrogens is 366 g/mol. The van der Waals surface area contributed by atoms with Crippen LogP contribution in [0.15, 0.2) is 35.3 Å². The van der Waals surface area contributed by atoms with Crippen molar-refractivity contribution in [2.75, 3.05) is 0 Å². The number of benzene rings is 1. The average Bonchev–Trinajstić information content (AvgIpc) is 3.21. The molecule has 4 nitrogen and oxygen atoms in total. The molecule has 5 rings (SSSR count). The zero-order valence-electron chi connectivity index (χ0n) is 13.8. The normalized spacial score (nSPS) is 13.8. The van der Waals surface area contributed by atoms with Gasteiger partial charge in [-0.2, -0.15) is 5.26 Å². The van der Waals surface area contributed by atoms with E-state index in [0.717, 1.165) is 40.6 Å². The van der Waals surface area contributed by atoms with E-state index < -0.39 is 0 Å². The summed E-state index contributed by atoms with van der Waals surface area (Å²) in [6.07, 6.45) is 6.25. The molecule has 0 amide bonds. The van der Waals surface area contributed by atoms with E-state index in [4.69, 9.17) is 11.6 Å². The molecule has 128 valence electrons. The number of hydrogen-bond donors (Lipinski definition) is 1. The van der Waals surface area contributed by atoms with Gasteiger partial charge >= 0.3 is 0 Å². The Bertz CT molecular complexity index is 1270. The fraction of sp³-hybridized carbons (Fsp3) is 0.200. The number of halogens is 1. The molecule has 1 N–H and O–H groups in total. The maximum atomic E-state index is 12.8. The fourth-order valence-electron chi connectivity index (χ4n) is 3.88. The maximum Gasteiger partial charge on any atom is 0.260 e. The van der Waals surface area contributed by atoms with Crippen LogP contribution in [0, 0.1) is 11.3 Å². The van der Waals surface area contributed by atoms with Crippen molar-refractivity contribution in [1.82, 2.24) is 9.38 Å². The number of nitriles is 1. The lowest BCUT2D eigenvalue weighted by Gasteiger charge is -2.09. The quantitative estimate of drug-likeness (QED) is 0.510. The van der Waals surface area contributed by atoms with Gasteiger partial charge in [0.05, 0.1) is 5.39 Å². The highest BCUT2D eigenvalue weighted by molar-refractivity contribution is 7.18. The Hall–Kier alpha value is -2.55. The largest absolute Gasteiger partial charge is 0.306 e. The molecule has 0 fully saturated rings. The Labute approximate surface area is 158 Å². The second-order valence-electron chi connectivity index (χ2n) is 6.60. The Morgan fingerprint density at radius 2 is 1.96 bits per heavy atom. The molecule has 3 aromatic heterocycles. The number of aromatic nitrogens is 2. The molecule has 26 heavy (non-hydrogen) atoms. The van der Waals surface area contributed by atoms with Crippen LogP contribution in [-0.2, 0) is 12.8 Å². The molecule has 3 heterocycles. The Kier molecular flexibility index (Phi) is 3.46. The summed E-state index contributed by atoms with van der Waals surface area (Å²) in [4.78, 5) is 18.0. The van der Waals surface area contributed by atoms with E-state index in [1.165, 1.54) is 16.9 Å². The number of H-pyrrole nitrogens is 1. The summed E-state index contributed by atoms with van der Waals surface area (Å²) in [7, 11) is 0. The van der Waals surface area contributed by atoms with Crippen LogP contribution in [-0.4, -0.2) is 9.38 Å². The predicted octanol–water partition coefficient (Wildman–Crippen LogP) is 4.91. The van der Waals surface area contributed by atoms with Gasteiger partial charge in [0.2, 0.25) is 0 Å². The first-order chi connectivity index (χ1) is 12.7. The van der Waals surface area contributed by atoms with E-state index in [2.05, 4.69) is 11.1 Å². The van der Waals surface area contributed by atoms with Crippen LogP contribution in [0.25, 0.3) is 27.0 Å². The molecule has 6 heteroatoms. The third-order valence-electron chi connectivity index (χ3n) is 5.10. The Morgan fingerprint density at radius 1 is 1.19 bits per heavy atom. The van der Waals surface area contributed by atoms with Crippen LogP contribution in [0.1, 0.15) is 28.8 Å². The van der Waals surface area contributed by atoms with Gasteiger partial charge in [-0.1, -0.05) is 23.7 Å². The lowest BCUT2D eigenvalue weighted by molar-refractivity contribution is 0.700. The summed E-state index contributed by atoms with van der Waals surface area (Å²) in [5.74, 6) is 0. The molecule has 1 aliphatic rings. The number of hydrogen-bond acceptors (Lipinski definition) is 3. The first-order valence-corrected chi connectivity index (χ1v) is 9.74. The van der Waals surface area contributed by atoms with Gasteiger partial charge in [0.1, 0.15) is 22.1 Å². The molecule has 0 unspecified atom stereocenters. The van der Waals surface area contributed by atoms with Crippen LogP contribution in [0.4, 0.5) is 0 Å². The molecule has 1 aliphatic carbocycles. The third-order valence-corrected chi connectivity index (χ3v) is 6.65. The molecule has 0 atom stereocenters. The summed E-state index contributed by atoms with van der Waals surface area (Å²) in [6.45, 7) is 0. The van der Waals surface area contributed by atoms with Gasteiger partial charge in [-0.25, -0.2) is 0 Å². The van der Waals surface area contributed by atoms with Gasteiger partial charge in [0.25, 0.3) is 5.56 Å². The number of rotatable bonds is 1. The minimum absolute atomic E-state index is 0.0934. The van der Waals surface area contributed by atoms with E-state index in [0.29, 0.717) is 16.2 Å². The molecule has 0 saturated carbocycles. The van der Waals surface area contributed by atoms with Crippen molar-refractivity contribution >= 4 is 38.8 Å². The number of thiophene rings is 1. The van der Waals surface area contributed by atoms with Gasteiger partial charge in [0, 0.05) is 21.7 Å². The first-order valence-electron chi connectivity index (χ1n) is 8.55. The zero-order chi connectivity index (χ0) is 17.8. The average molecular weight is 380 g/mol. The van der Waals surface area contributed by atoms with Crippen molar-refractivity contribution < 1.29 is 0 Å². The van der Waals surface area contributed by atoms with Gasteiger partial charge in [-0.05, 0) is 48.9 Å². The van der Waals surface area contributed by atoms with Crippen molar-refractivity contribution in [2.24, 2.45) is 0 Å². The monoisotopic (exact) mass is 379 g/mol. The highest BCUT2D eigenvalue weighted by atomic mass is 35.5. The van der Waals surface area contributed by atoms with Crippen molar-refractivity contribution in [3.8, 4) is 17.2 Å². The number of nitrogens with one attached hydrogen (secondary N) is 1. The number of fused-ring (bicyclic) bond motifs is 5. The first kappa shape index (κ1) is 15.7. The molecule has 0 aliphatic heterocycles. The van der Waals surface area contributed by atoms with Crippen molar-refractivity contribution in [1.29, 1.82) is 5.26 Å². The molecular formula is C20H14ClN3OS. The summed E-state index contributed by atoms with van der Waals surface area (Å²) < 4.78 is 1.97. The van der Waals surface area contributed by atoms with Crippen LogP contribution in [0.5, 0.6) is 0 Å². The smallest absolute Gasteiger partial charge is 0.260 e. The fourth-order valence-corrected chi connectivity index (χ4v) is 5.37. The molecule has 0 spiro atoms. The van der Waals surface area contributed by atoms with Crippen LogP contribution < -0.4 is 5.56 Å². The van der Waals surface area contributed by atoms with Gasteiger partial charge < -0.3 is 4.98 Å². The Balaban J connectivity index is 1.88. The Morgan fingerprint density at radius 3 is 2.73 bits per heavy atom. The minimum atomic E-state index is -0.0934. The standard InChI is InChI=1S/C20H14ClN3OS/c21-12-7-5-11(6-8-12)15-10-24-18(14(15)9-22)23-19(25)17-13-3-1-2-4-16(13)26-20(17)24/h5-8,10H,1-4H2,(H,23,25). The predicted molar refractivity (Wildman–Crippen MR) is 105 cm³/mol. The van der Waals surface area contributed by atoms with Crippen LogP contribution in [0.3, 0.4) is 0 Å². The van der Waals surface area contributed by atoms with E-state index >= 15 is 0 Å². The number of aromatic amines is 1. The lowest BCUT2D eigenvalue weighted by Crippen LogP contribution is -2.11. The molecule has 0 saturated heterocycles. The molecule has 0 bridgehead atoms. The van der Waals surface area contributed by atoms with Crippen LogP contribution in [0.2, 0.25) is 5.02 Å².